The number of hydrogen-bond acceptors (Lipinski definition) is 5. The molecule has 0 aliphatic carbocycles. The standard InChI is InChI=1S/C13H16N2O2S/c1-9-6-10(2)8-11(7-9)12-14-15-13(17-12)18-5-4-16-3/h6-8H,4-5H2,1-3H3. The Labute approximate surface area is 111 Å². The monoisotopic (exact) mass is 264 g/mol. The van der Waals surface area contributed by atoms with Gasteiger partial charge in [0.1, 0.15) is 0 Å². The molecule has 1 aromatic heterocycles. The molecule has 0 aliphatic rings. The van der Waals surface area contributed by atoms with Crippen LogP contribution in [0.4, 0.5) is 0 Å². The van der Waals surface area contributed by atoms with Crippen molar-refractivity contribution in [2.75, 3.05) is 19.5 Å². The van der Waals surface area contributed by atoms with Crippen LogP contribution in [0.1, 0.15) is 11.1 Å². The molecule has 0 spiro atoms. The second-order valence-electron chi connectivity index (χ2n) is 4.09. The first-order valence-corrected chi connectivity index (χ1v) is 6.71. The number of benzene rings is 1. The Morgan fingerprint density at radius 3 is 2.56 bits per heavy atom. The van der Waals surface area contributed by atoms with Gasteiger partial charge in [-0.25, -0.2) is 0 Å². The average molecular weight is 264 g/mol. The molecule has 0 unspecified atom stereocenters. The maximum atomic E-state index is 5.61. The van der Waals surface area contributed by atoms with Crippen LogP contribution in [0.25, 0.3) is 11.5 Å². The van der Waals surface area contributed by atoms with E-state index in [0.29, 0.717) is 17.7 Å². The highest BCUT2D eigenvalue weighted by Crippen LogP contribution is 2.24. The maximum absolute atomic E-state index is 5.61. The van der Waals surface area contributed by atoms with Crippen LogP contribution in [0.2, 0.25) is 0 Å². The Hall–Kier alpha value is -1.33. The molecule has 0 bridgehead atoms. The van der Waals surface area contributed by atoms with Gasteiger partial charge in [-0.3, -0.25) is 0 Å². The Morgan fingerprint density at radius 1 is 1.17 bits per heavy atom. The zero-order valence-corrected chi connectivity index (χ0v) is 11.6. The van der Waals surface area contributed by atoms with Crippen molar-refractivity contribution in [2.45, 2.75) is 19.1 Å². The summed E-state index contributed by atoms with van der Waals surface area (Å²) < 4.78 is 10.6. The van der Waals surface area contributed by atoms with Gasteiger partial charge in [0.2, 0.25) is 5.89 Å². The second kappa shape index (κ2) is 6.02. The molecule has 0 atom stereocenters. The fraction of sp³-hybridized carbons (Fsp3) is 0.385. The molecule has 0 amide bonds. The minimum atomic E-state index is 0.571. The number of aromatic nitrogens is 2. The van der Waals surface area contributed by atoms with Gasteiger partial charge < -0.3 is 9.15 Å². The zero-order valence-electron chi connectivity index (χ0n) is 10.8. The molecule has 2 aromatic rings. The third-order valence-electron chi connectivity index (χ3n) is 2.39. The lowest BCUT2D eigenvalue weighted by Crippen LogP contribution is -1.90. The smallest absolute Gasteiger partial charge is 0.276 e. The highest BCUT2D eigenvalue weighted by molar-refractivity contribution is 7.99. The lowest BCUT2D eigenvalue weighted by atomic mass is 10.1. The molecule has 2 rings (SSSR count). The van der Waals surface area contributed by atoms with Crippen molar-refractivity contribution < 1.29 is 9.15 Å². The van der Waals surface area contributed by atoms with E-state index in [2.05, 4.69) is 30.1 Å². The Kier molecular flexibility index (Phi) is 4.38. The van der Waals surface area contributed by atoms with E-state index in [-0.39, 0.29) is 0 Å². The second-order valence-corrected chi connectivity index (χ2v) is 5.14. The number of hydrogen-bond donors (Lipinski definition) is 0. The fourth-order valence-electron chi connectivity index (χ4n) is 1.70. The minimum Gasteiger partial charge on any atom is -0.411 e. The topological polar surface area (TPSA) is 48.2 Å². The number of aryl methyl sites for hydroxylation is 2. The van der Waals surface area contributed by atoms with Crippen LogP contribution < -0.4 is 0 Å². The van der Waals surface area contributed by atoms with E-state index in [1.54, 1.807) is 7.11 Å². The van der Waals surface area contributed by atoms with Gasteiger partial charge in [-0.1, -0.05) is 29.0 Å². The van der Waals surface area contributed by atoms with Crippen molar-refractivity contribution in [3.05, 3.63) is 29.3 Å². The van der Waals surface area contributed by atoms with Crippen molar-refractivity contribution >= 4 is 11.8 Å². The van der Waals surface area contributed by atoms with E-state index in [4.69, 9.17) is 9.15 Å². The van der Waals surface area contributed by atoms with Crippen LogP contribution in [-0.2, 0) is 4.74 Å². The summed E-state index contributed by atoms with van der Waals surface area (Å²) in [6.07, 6.45) is 0. The van der Waals surface area contributed by atoms with Crippen molar-refractivity contribution in [1.29, 1.82) is 0 Å². The predicted molar refractivity (Wildman–Crippen MR) is 71.8 cm³/mol. The Balaban J connectivity index is 2.13. The summed E-state index contributed by atoms with van der Waals surface area (Å²) in [4.78, 5) is 0. The molecular formula is C13H16N2O2S. The highest BCUT2D eigenvalue weighted by atomic mass is 32.2. The number of ether oxygens (including phenoxy) is 1. The molecule has 0 radical (unpaired) electrons. The molecule has 5 heteroatoms. The first-order valence-electron chi connectivity index (χ1n) is 5.73. The third-order valence-corrected chi connectivity index (χ3v) is 3.17. The van der Waals surface area contributed by atoms with E-state index in [9.17, 15) is 0 Å². The van der Waals surface area contributed by atoms with E-state index in [0.717, 1.165) is 11.3 Å². The molecule has 4 nitrogen and oxygen atoms in total. The van der Waals surface area contributed by atoms with Crippen LogP contribution in [0, 0.1) is 13.8 Å². The summed E-state index contributed by atoms with van der Waals surface area (Å²) in [5, 5.41) is 8.67. The van der Waals surface area contributed by atoms with E-state index in [1.165, 1.54) is 22.9 Å². The number of nitrogens with zero attached hydrogens (tertiary/aromatic N) is 2. The molecule has 0 saturated heterocycles. The normalized spacial score (nSPS) is 10.8. The highest BCUT2D eigenvalue weighted by Gasteiger charge is 2.09. The molecule has 0 aliphatic heterocycles. The molecule has 0 N–H and O–H groups in total. The van der Waals surface area contributed by atoms with Crippen molar-refractivity contribution in [3.8, 4) is 11.5 Å². The first-order chi connectivity index (χ1) is 8.69. The van der Waals surface area contributed by atoms with Gasteiger partial charge >= 0.3 is 0 Å². The van der Waals surface area contributed by atoms with Gasteiger partial charge in [-0.15, -0.1) is 10.2 Å². The quantitative estimate of drug-likeness (QED) is 0.613. The number of methoxy groups -OCH3 is 1. The fourth-order valence-corrected chi connectivity index (χ4v) is 2.36. The van der Waals surface area contributed by atoms with Gasteiger partial charge in [0.15, 0.2) is 0 Å². The van der Waals surface area contributed by atoms with Crippen LogP contribution in [0.15, 0.2) is 27.8 Å². The summed E-state index contributed by atoms with van der Waals surface area (Å²) in [5.41, 5.74) is 3.35. The molecule has 1 heterocycles. The van der Waals surface area contributed by atoms with Gasteiger partial charge in [0.05, 0.1) is 6.61 Å². The van der Waals surface area contributed by atoms with Gasteiger partial charge in [0.25, 0.3) is 5.22 Å². The molecular weight excluding hydrogens is 248 g/mol. The minimum absolute atomic E-state index is 0.571. The molecule has 18 heavy (non-hydrogen) atoms. The number of rotatable bonds is 5. The van der Waals surface area contributed by atoms with Crippen LogP contribution in [0.5, 0.6) is 0 Å². The Bertz CT molecular complexity index is 505. The third kappa shape index (κ3) is 3.34. The van der Waals surface area contributed by atoms with Crippen LogP contribution >= 0.6 is 11.8 Å². The largest absolute Gasteiger partial charge is 0.411 e. The van der Waals surface area contributed by atoms with Gasteiger partial charge in [-0.05, 0) is 26.0 Å². The van der Waals surface area contributed by atoms with Crippen LogP contribution in [0.3, 0.4) is 0 Å². The SMILES string of the molecule is COCCSc1nnc(-c2cc(C)cc(C)c2)o1. The van der Waals surface area contributed by atoms with Gasteiger partial charge in [0, 0.05) is 18.4 Å². The van der Waals surface area contributed by atoms with Crippen molar-refractivity contribution in [3.63, 3.8) is 0 Å². The maximum Gasteiger partial charge on any atom is 0.276 e. The Morgan fingerprint density at radius 2 is 1.89 bits per heavy atom. The lowest BCUT2D eigenvalue weighted by molar-refractivity contribution is 0.218. The summed E-state index contributed by atoms with van der Waals surface area (Å²) >= 11 is 1.50. The number of thioether (sulfide) groups is 1. The zero-order chi connectivity index (χ0) is 13.0. The average Bonchev–Trinajstić information content (AvgIpc) is 2.77. The molecule has 0 saturated carbocycles. The summed E-state index contributed by atoms with van der Waals surface area (Å²) in [5.74, 6) is 1.38. The predicted octanol–water partition coefficient (Wildman–Crippen LogP) is 3.09. The summed E-state index contributed by atoms with van der Waals surface area (Å²) in [7, 11) is 1.68. The summed E-state index contributed by atoms with van der Waals surface area (Å²) in [6.45, 7) is 4.79. The molecule has 1 aromatic carbocycles. The van der Waals surface area contributed by atoms with E-state index in [1.807, 2.05) is 12.1 Å². The van der Waals surface area contributed by atoms with E-state index < -0.39 is 0 Å². The molecule has 0 fully saturated rings. The van der Waals surface area contributed by atoms with E-state index >= 15 is 0 Å². The van der Waals surface area contributed by atoms with Crippen LogP contribution in [-0.4, -0.2) is 29.7 Å². The lowest BCUT2D eigenvalue weighted by Gasteiger charge is -2.00. The molecule has 96 valence electrons. The van der Waals surface area contributed by atoms with Crippen molar-refractivity contribution in [2.24, 2.45) is 0 Å². The van der Waals surface area contributed by atoms with Crippen molar-refractivity contribution in [1.82, 2.24) is 10.2 Å². The summed E-state index contributed by atoms with van der Waals surface area (Å²) in [6, 6.07) is 6.21. The van der Waals surface area contributed by atoms with Gasteiger partial charge in [-0.2, -0.15) is 0 Å². The first kappa shape index (κ1) is 13.1.